The third-order valence-corrected chi connectivity index (χ3v) is 4.20. The van der Waals surface area contributed by atoms with E-state index in [-0.39, 0.29) is 6.03 Å². The zero-order valence-corrected chi connectivity index (χ0v) is 13.4. The normalized spacial score (nSPS) is 11.1. The number of hydrogen-bond donors (Lipinski definition) is 3. The largest absolute Gasteiger partial charge is 0.361 e. The fourth-order valence-corrected chi connectivity index (χ4v) is 2.83. The highest BCUT2D eigenvalue weighted by Crippen LogP contribution is 2.22. The smallest absolute Gasteiger partial charge is 0.323 e. The summed E-state index contributed by atoms with van der Waals surface area (Å²) in [7, 11) is 1.91. The van der Waals surface area contributed by atoms with Gasteiger partial charge in [-0.2, -0.15) is 5.10 Å². The molecular weight excluding hydrogens is 302 g/mol. The van der Waals surface area contributed by atoms with Gasteiger partial charge in [-0.05, 0) is 49.4 Å². The molecule has 0 bridgehead atoms. The number of nitrogens with one attached hydrogen (secondary N) is 3. The molecule has 24 heavy (non-hydrogen) atoms. The number of aryl methyl sites for hydroxylation is 2. The molecule has 2 amide bonds. The van der Waals surface area contributed by atoms with Gasteiger partial charge < -0.3 is 15.6 Å². The van der Waals surface area contributed by atoms with Gasteiger partial charge in [-0.15, -0.1) is 0 Å². The van der Waals surface area contributed by atoms with Crippen molar-refractivity contribution in [2.75, 3.05) is 10.6 Å². The molecule has 2 aromatic heterocycles. The number of anilines is 2. The molecule has 0 spiro atoms. The summed E-state index contributed by atoms with van der Waals surface area (Å²) in [6.07, 6.45) is 1.87. The lowest BCUT2D eigenvalue weighted by Crippen LogP contribution is -2.19. The summed E-state index contributed by atoms with van der Waals surface area (Å²) in [5.74, 6) is 0. The Morgan fingerprint density at radius 1 is 1.08 bits per heavy atom. The van der Waals surface area contributed by atoms with Crippen molar-refractivity contribution in [2.24, 2.45) is 7.05 Å². The van der Waals surface area contributed by atoms with Crippen LogP contribution in [0.5, 0.6) is 0 Å². The highest BCUT2D eigenvalue weighted by molar-refractivity contribution is 6.02. The van der Waals surface area contributed by atoms with Crippen LogP contribution in [0.2, 0.25) is 0 Å². The van der Waals surface area contributed by atoms with Gasteiger partial charge in [0.15, 0.2) is 0 Å². The first kappa shape index (κ1) is 14.3. The first-order valence-electron chi connectivity index (χ1n) is 7.69. The first-order valence-corrected chi connectivity index (χ1v) is 7.69. The number of benzene rings is 2. The SMILES string of the molecule is Cc1c2ccc(NC(=O)Nc3ccc4[nH]ccc4c3)cc2nn1C. The second kappa shape index (κ2) is 5.42. The number of fused-ring (bicyclic) bond motifs is 2. The minimum atomic E-state index is -0.281. The van der Waals surface area contributed by atoms with E-state index in [0.717, 1.165) is 33.2 Å². The summed E-state index contributed by atoms with van der Waals surface area (Å²) < 4.78 is 1.83. The number of rotatable bonds is 2. The topological polar surface area (TPSA) is 74.7 Å². The summed E-state index contributed by atoms with van der Waals surface area (Å²) in [5, 5.41) is 12.3. The van der Waals surface area contributed by atoms with Gasteiger partial charge in [0.25, 0.3) is 0 Å². The van der Waals surface area contributed by atoms with Crippen LogP contribution in [0.3, 0.4) is 0 Å². The van der Waals surface area contributed by atoms with E-state index in [4.69, 9.17) is 0 Å². The van der Waals surface area contributed by atoms with Gasteiger partial charge in [0, 0.05) is 46.6 Å². The molecule has 6 heteroatoms. The number of carbonyl (C=O) groups excluding carboxylic acids is 1. The quantitative estimate of drug-likeness (QED) is 0.522. The average molecular weight is 319 g/mol. The van der Waals surface area contributed by atoms with Crippen LogP contribution >= 0.6 is 0 Å². The molecule has 120 valence electrons. The lowest BCUT2D eigenvalue weighted by atomic mass is 10.2. The molecule has 0 aliphatic carbocycles. The van der Waals surface area contributed by atoms with Gasteiger partial charge in [0.1, 0.15) is 0 Å². The summed E-state index contributed by atoms with van der Waals surface area (Å²) in [4.78, 5) is 15.3. The minimum absolute atomic E-state index is 0.281. The zero-order chi connectivity index (χ0) is 16.7. The molecule has 4 rings (SSSR count). The Balaban J connectivity index is 1.52. The fourth-order valence-electron chi connectivity index (χ4n) is 2.83. The van der Waals surface area contributed by atoms with E-state index in [9.17, 15) is 4.79 Å². The van der Waals surface area contributed by atoms with Crippen molar-refractivity contribution in [3.05, 3.63) is 54.4 Å². The maximum absolute atomic E-state index is 12.2. The van der Waals surface area contributed by atoms with Crippen molar-refractivity contribution in [3.63, 3.8) is 0 Å². The van der Waals surface area contributed by atoms with Crippen molar-refractivity contribution in [1.82, 2.24) is 14.8 Å². The number of nitrogens with zero attached hydrogens (tertiary/aromatic N) is 2. The number of hydrogen-bond acceptors (Lipinski definition) is 2. The number of urea groups is 1. The molecule has 0 fully saturated rings. The van der Waals surface area contributed by atoms with E-state index in [1.165, 1.54) is 0 Å². The van der Waals surface area contributed by atoms with Gasteiger partial charge in [0.2, 0.25) is 0 Å². The molecule has 2 aromatic carbocycles. The van der Waals surface area contributed by atoms with Crippen molar-refractivity contribution < 1.29 is 4.79 Å². The van der Waals surface area contributed by atoms with Crippen LogP contribution in [0.1, 0.15) is 5.69 Å². The second-order valence-electron chi connectivity index (χ2n) is 5.80. The van der Waals surface area contributed by atoms with Crippen LogP contribution in [-0.4, -0.2) is 20.8 Å². The third-order valence-electron chi connectivity index (χ3n) is 4.20. The molecule has 4 aromatic rings. The molecule has 0 unspecified atom stereocenters. The maximum Gasteiger partial charge on any atom is 0.323 e. The molecule has 2 heterocycles. The van der Waals surface area contributed by atoms with Crippen LogP contribution in [-0.2, 0) is 7.05 Å². The van der Waals surface area contributed by atoms with E-state index >= 15 is 0 Å². The Hall–Kier alpha value is -3.28. The van der Waals surface area contributed by atoms with Gasteiger partial charge >= 0.3 is 6.03 Å². The van der Waals surface area contributed by atoms with Crippen molar-refractivity contribution in [1.29, 1.82) is 0 Å². The first-order chi connectivity index (χ1) is 11.6. The van der Waals surface area contributed by atoms with Gasteiger partial charge in [-0.3, -0.25) is 4.68 Å². The minimum Gasteiger partial charge on any atom is -0.361 e. The molecule has 0 saturated heterocycles. The van der Waals surface area contributed by atoms with Crippen molar-refractivity contribution >= 4 is 39.2 Å². The summed E-state index contributed by atoms with van der Waals surface area (Å²) in [6.45, 7) is 2.02. The van der Waals surface area contributed by atoms with Crippen LogP contribution in [0.25, 0.3) is 21.8 Å². The Kier molecular flexibility index (Phi) is 3.23. The lowest BCUT2D eigenvalue weighted by Gasteiger charge is -2.08. The summed E-state index contributed by atoms with van der Waals surface area (Å²) in [6, 6.07) is 13.1. The van der Waals surface area contributed by atoms with Crippen LogP contribution in [0.4, 0.5) is 16.2 Å². The molecule has 0 saturated carbocycles. The maximum atomic E-state index is 12.2. The number of aromatic amines is 1. The Morgan fingerprint density at radius 2 is 1.83 bits per heavy atom. The fraction of sp³-hybridized carbons (Fsp3) is 0.111. The monoisotopic (exact) mass is 319 g/mol. The van der Waals surface area contributed by atoms with Crippen LogP contribution in [0, 0.1) is 6.92 Å². The molecule has 3 N–H and O–H groups in total. The second-order valence-corrected chi connectivity index (χ2v) is 5.80. The Morgan fingerprint density at radius 3 is 2.67 bits per heavy atom. The number of aromatic nitrogens is 3. The van der Waals surface area contributed by atoms with Gasteiger partial charge in [-0.25, -0.2) is 4.79 Å². The molecule has 0 aliphatic rings. The van der Waals surface area contributed by atoms with Crippen molar-refractivity contribution in [2.45, 2.75) is 6.92 Å². The molecule has 0 atom stereocenters. The number of H-pyrrole nitrogens is 1. The zero-order valence-electron chi connectivity index (χ0n) is 13.4. The highest BCUT2D eigenvalue weighted by atomic mass is 16.2. The lowest BCUT2D eigenvalue weighted by molar-refractivity contribution is 0.262. The number of amides is 2. The third kappa shape index (κ3) is 2.48. The molecule has 0 aliphatic heterocycles. The summed E-state index contributed by atoms with van der Waals surface area (Å²) in [5.41, 5.74) is 4.45. The highest BCUT2D eigenvalue weighted by Gasteiger charge is 2.08. The van der Waals surface area contributed by atoms with E-state index in [1.807, 2.05) is 67.3 Å². The summed E-state index contributed by atoms with van der Waals surface area (Å²) >= 11 is 0. The van der Waals surface area contributed by atoms with E-state index < -0.39 is 0 Å². The van der Waals surface area contributed by atoms with Crippen LogP contribution < -0.4 is 10.6 Å². The Bertz CT molecular complexity index is 1060. The molecule has 0 radical (unpaired) electrons. The predicted octanol–water partition coefficient (Wildman–Crippen LogP) is 4.01. The van der Waals surface area contributed by atoms with E-state index in [2.05, 4.69) is 20.7 Å². The van der Waals surface area contributed by atoms with Gasteiger partial charge in [0.05, 0.1) is 5.52 Å². The molecule has 6 nitrogen and oxygen atoms in total. The Labute approximate surface area is 138 Å². The van der Waals surface area contributed by atoms with Crippen molar-refractivity contribution in [3.8, 4) is 0 Å². The number of carbonyl (C=O) groups is 1. The standard InChI is InChI=1S/C18H17N5O/c1-11-15-5-3-14(10-17(15)22-23(11)2)21-18(24)20-13-4-6-16-12(9-13)7-8-19-16/h3-10,19H,1-2H3,(H2,20,21,24). The van der Waals surface area contributed by atoms with E-state index in [1.54, 1.807) is 0 Å². The van der Waals surface area contributed by atoms with E-state index in [0.29, 0.717) is 5.69 Å². The van der Waals surface area contributed by atoms with Crippen LogP contribution in [0.15, 0.2) is 48.7 Å². The average Bonchev–Trinajstić information content (AvgIpc) is 3.12. The predicted molar refractivity (Wildman–Crippen MR) is 96.4 cm³/mol. The molecular formula is C18H17N5O. The van der Waals surface area contributed by atoms with Gasteiger partial charge in [-0.1, -0.05) is 0 Å².